The summed E-state index contributed by atoms with van der Waals surface area (Å²) in [7, 11) is 1.67. The van der Waals surface area contributed by atoms with E-state index in [1.54, 1.807) is 7.11 Å². The minimum atomic E-state index is -0.409. The molecule has 0 spiro atoms. The molecule has 1 aliphatic carbocycles. The predicted molar refractivity (Wildman–Crippen MR) is 72.5 cm³/mol. The molecule has 17 heavy (non-hydrogen) atoms. The molecule has 2 nitrogen and oxygen atoms in total. The minimum Gasteiger partial charge on any atom is -0.496 e. The fourth-order valence-electron chi connectivity index (χ4n) is 2.33. The normalized spacial score (nSPS) is 17.0. The minimum absolute atomic E-state index is 0.409. The van der Waals surface area contributed by atoms with Crippen molar-refractivity contribution in [2.45, 2.75) is 39.2 Å². The van der Waals surface area contributed by atoms with E-state index in [1.165, 1.54) is 12.8 Å². The van der Waals surface area contributed by atoms with Gasteiger partial charge in [0, 0.05) is 10.0 Å². The number of rotatable bonds is 4. The summed E-state index contributed by atoms with van der Waals surface area (Å²) in [6, 6.07) is 2.04. The lowest BCUT2D eigenvalue weighted by molar-refractivity contribution is 0.155. The van der Waals surface area contributed by atoms with E-state index in [2.05, 4.69) is 15.9 Å². The molecule has 1 fully saturated rings. The first kappa shape index (κ1) is 12.9. The van der Waals surface area contributed by atoms with Crippen molar-refractivity contribution in [3.63, 3.8) is 0 Å². The molecule has 1 aromatic rings. The molecule has 0 radical (unpaired) electrons. The van der Waals surface area contributed by atoms with E-state index in [1.807, 2.05) is 19.9 Å². The third kappa shape index (κ3) is 2.66. The Kier molecular flexibility index (Phi) is 3.79. The number of ether oxygens (including phenoxy) is 1. The fraction of sp³-hybridized carbons (Fsp3) is 0.571. The molecule has 0 bridgehead atoms. The maximum atomic E-state index is 10.4. The number of methoxy groups -OCH3 is 1. The van der Waals surface area contributed by atoms with Gasteiger partial charge in [-0.05, 0) is 43.4 Å². The zero-order valence-corrected chi connectivity index (χ0v) is 12.2. The van der Waals surface area contributed by atoms with Gasteiger partial charge in [-0.15, -0.1) is 0 Å². The summed E-state index contributed by atoms with van der Waals surface area (Å²) in [6.07, 6.45) is 2.96. The van der Waals surface area contributed by atoms with E-state index in [0.717, 1.165) is 33.3 Å². The van der Waals surface area contributed by atoms with Crippen LogP contribution >= 0.6 is 15.9 Å². The van der Waals surface area contributed by atoms with Crippen LogP contribution in [0.1, 0.15) is 42.1 Å². The summed E-state index contributed by atoms with van der Waals surface area (Å²) in [4.78, 5) is 0. The highest BCUT2D eigenvalue weighted by Gasteiger charge is 2.28. The van der Waals surface area contributed by atoms with Crippen molar-refractivity contribution in [3.8, 4) is 5.75 Å². The predicted octanol–water partition coefficient (Wildman–Crippen LogP) is 3.91. The summed E-state index contributed by atoms with van der Waals surface area (Å²) in [6.45, 7) is 4.04. The average Bonchev–Trinajstić information content (AvgIpc) is 3.06. The average molecular weight is 299 g/mol. The third-order valence-corrected chi connectivity index (χ3v) is 4.32. The molecule has 94 valence electrons. The van der Waals surface area contributed by atoms with Crippen molar-refractivity contribution in [2.75, 3.05) is 7.11 Å². The maximum absolute atomic E-state index is 10.4. The standard InChI is InChI=1S/C14H19BrO2/c1-8-6-11(15)9(2)13(14(8)17-3)12(16)7-10-4-5-10/h6,10,12,16H,4-5,7H2,1-3H3. The van der Waals surface area contributed by atoms with E-state index < -0.39 is 6.10 Å². The smallest absolute Gasteiger partial charge is 0.127 e. The monoisotopic (exact) mass is 298 g/mol. The molecule has 0 aliphatic heterocycles. The van der Waals surface area contributed by atoms with Crippen LogP contribution < -0.4 is 4.74 Å². The summed E-state index contributed by atoms with van der Waals surface area (Å²) < 4.78 is 6.50. The van der Waals surface area contributed by atoms with Gasteiger partial charge < -0.3 is 9.84 Å². The first-order valence-electron chi connectivity index (χ1n) is 6.06. The van der Waals surface area contributed by atoms with Crippen LogP contribution in [0.2, 0.25) is 0 Å². The molecule has 1 atom stereocenters. The SMILES string of the molecule is COc1c(C)cc(Br)c(C)c1C(O)CC1CC1. The van der Waals surface area contributed by atoms with Gasteiger partial charge in [-0.3, -0.25) is 0 Å². The number of hydrogen-bond donors (Lipinski definition) is 1. The van der Waals surface area contributed by atoms with E-state index in [9.17, 15) is 5.11 Å². The molecule has 1 aromatic carbocycles. The molecule has 1 N–H and O–H groups in total. The van der Waals surface area contributed by atoms with Crippen LogP contribution in [0.5, 0.6) is 5.75 Å². The van der Waals surface area contributed by atoms with Gasteiger partial charge in [0.1, 0.15) is 5.75 Å². The number of hydrogen-bond acceptors (Lipinski definition) is 2. The Morgan fingerprint density at radius 1 is 1.47 bits per heavy atom. The molecular formula is C14H19BrO2. The molecule has 0 amide bonds. The molecule has 2 rings (SSSR count). The van der Waals surface area contributed by atoms with Gasteiger partial charge in [-0.1, -0.05) is 28.8 Å². The quantitative estimate of drug-likeness (QED) is 0.913. The second-order valence-electron chi connectivity index (χ2n) is 4.94. The summed E-state index contributed by atoms with van der Waals surface area (Å²) in [5.74, 6) is 1.53. The lowest BCUT2D eigenvalue weighted by Gasteiger charge is -2.20. The Bertz CT molecular complexity index is 425. The van der Waals surface area contributed by atoms with Gasteiger partial charge in [-0.25, -0.2) is 0 Å². The van der Waals surface area contributed by atoms with Crippen molar-refractivity contribution < 1.29 is 9.84 Å². The maximum Gasteiger partial charge on any atom is 0.127 e. The second kappa shape index (κ2) is 4.99. The number of aliphatic hydroxyl groups excluding tert-OH is 1. The van der Waals surface area contributed by atoms with Crippen molar-refractivity contribution in [3.05, 3.63) is 27.2 Å². The molecule has 0 aromatic heterocycles. The molecule has 0 saturated heterocycles. The molecular weight excluding hydrogens is 280 g/mol. The number of halogens is 1. The van der Waals surface area contributed by atoms with Gasteiger partial charge >= 0.3 is 0 Å². The van der Waals surface area contributed by atoms with Crippen LogP contribution in [-0.2, 0) is 0 Å². The highest BCUT2D eigenvalue weighted by atomic mass is 79.9. The Hall–Kier alpha value is -0.540. The molecule has 0 heterocycles. The summed E-state index contributed by atoms with van der Waals surface area (Å²) >= 11 is 3.54. The lowest BCUT2D eigenvalue weighted by atomic mass is 9.96. The molecule has 1 unspecified atom stereocenters. The van der Waals surface area contributed by atoms with Crippen LogP contribution in [0, 0.1) is 19.8 Å². The first-order valence-corrected chi connectivity index (χ1v) is 6.85. The Morgan fingerprint density at radius 3 is 2.65 bits per heavy atom. The van der Waals surface area contributed by atoms with Gasteiger partial charge in [-0.2, -0.15) is 0 Å². The van der Waals surface area contributed by atoms with Crippen LogP contribution in [0.4, 0.5) is 0 Å². The highest BCUT2D eigenvalue weighted by molar-refractivity contribution is 9.10. The fourth-order valence-corrected chi connectivity index (χ4v) is 2.89. The second-order valence-corrected chi connectivity index (χ2v) is 5.80. The van der Waals surface area contributed by atoms with Crippen molar-refractivity contribution in [1.29, 1.82) is 0 Å². The van der Waals surface area contributed by atoms with E-state index in [4.69, 9.17) is 4.74 Å². The van der Waals surface area contributed by atoms with E-state index >= 15 is 0 Å². The Morgan fingerprint density at radius 2 is 2.12 bits per heavy atom. The van der Waals surface area contributed by atoms with Crippen LogP contribution in [-0.4, -0.2) is 12.2 Å². The third-order valence-electron chi connectivity index (χ3n) is 3.50. The summed E-state index contributed by atoms with van der Waals surface area (Å²) in [5.41, 5.74) is 3.10. The number of aryl methyl sites for hydroxylation is 1. The lowest BCUT2D eigenvalue weighted by Crippen LogP contribution is -2.06. The van der Waals surface area contributed by atoms with E-state index in [0.29, 0.717) is 5.92 Å². The van der Waals surface area contributed by atoms with Crippen LogP contribution in [0.25, 0.3) is 0 Å². The Balaban J connectivity index is 2.40. The van der Waals surface area contributed by atoms with Gasteiger partial charge in [0.05, 0.1) is 13.2 Å². The van der Waals surface area contributed by atoms with Crippen LogP contribution in [0.15, 0.2) is 10.5 Å². The largest absolute Gasteiger partial charge is 0.496 e. The highest BCUT2D eigenvalue weighted by Crippen LogP contribution is 2.43. The molecule has 1 aliphatic rings. The zero-order valence-electron chi connectivity index (χ0n) is 10.6. The van der Waals surface area contributed by atoms with Crippen molar-refractivity contribution >= 4 is 15.9 Å². The van der Waals surface area contributed by atoms with Crippen LogP contribution in [0.3, 0.4) is 0 Å². The zero-order chi connectivity index (χ0) is 12.6. The number of benzene rings is 1. The summed E-state index contributed by atoms with van der Waals surface area (Å²) in [5, 5.41) is 10.4. The molecule has 1 saturated carbocycles. The van der Waals surface area contributed by atoms with Gasteiger partial charge in [0.2, 0.25) is 0 Å². The Labute approximate surface area is 111 Å². The van der Waals surface area contributed by atoms with Crippen molar-refractivity contribution in [1.82, 2.24) is 0 Å². The molecule has 3 heteroatoms. The first-order chi connectivity index (χ1) is 8.04. The van der Waals surface area contributed by atoms with E-state index in [-0.39, 0.29) is 0 Å². The number of aliphatic hydroxyl groups is 1. The van der Waals surface area contributed by atoms with Crippen molar-refractivity contribution in [2.24, 2.45) is 5.92 Å². The topological polar surface area (TPSA) is 29.5 Å². The van der Waals surface area contributed by atoms with Gasteiger partial charge in [0.15, 0.2) is 0 Å². The van der Waals surface area contributed by atoms with Gasteiger partial charge in [0.25, 0.3) is 0 Å².